The number of benzene rings is 2. The molecule has 0 aliphatic heterocycles. The van der Waals surface area contributed by atoms with Crippen molar-refractivity contribution in [3.8, 4) is 5.75 Å². The molecule has 0 aliphatic carbocycles. The number of carbonyl (C=O) groups is 2. The fourth-order valence-electron chi connectivity index (χ4n) is 2.48. The van der Waals surface area contributed by atoms with Gasteiger partial charge in [0.05, 0.1) is 17.7 Å². The van der Waals surface area contributed by atoms with Crippen LogP contribution in [0.3, 0.4) is 0 Å². The lowest BCUT2D eigenvalue weighted by Crippen LogP contribution is -2.45. The number of carbonyl (C=O) groups excluding carboxylic acids is 2. The Hall–Kier alpha value is -2.62. The van der Waals surface area contributed by atoms with E-state index in [9.17, 15) is 18.0 Å². The predicted octanol–water partition coefficient (Wildman–Crippen LogP) is 2.83. The van der Waals surface area contributed by atoms with Gasteiger partial charge >= 0.3 is 5.97 Å². The number of hydrogen-bond donors (Lipinski definition) is 2. The van der Waals surface area contributed by atoms with E-state index in [1.165, 1.54) is 25.3 Å². The molecule has 30 heavy (non-hydrogen) atoms. The molecule has 0 aliphatic rings. The van der Waals surface area contributed by atoms with Crippen molar-refractivity contribution in [2.24, 2.45) is 5.92 Å². The minimum Gasteiger partial charge on any atom is -0.495 e. The number of nitrogens with one attached hydrogen (secondary N) is 2. The van der Waals surface area contributed by atoms with Crippen LogP contribution in [0.1, 0.15) is 13.8 Å². The van der Waals surface area contributed by atoms with Crippen molar-refractivity contribution in [3.05, 3.63) is 53.6 Å². The molecule has 0 bridgehead atoms. The van der Waals surface area contributed by atoms with Crippen molar-refractivity contribution in [3.63, 3.8) is 0 Å². The summed E-state index contributed by atoms with van der Waals surface area (Å²) < 4.78 is 37.5. The highest BCUT2D eigenvalue weighted by Gasteiger charge is 2.30. The number of halogens is 1. The van der Waals surface area contributed by atoms with Crippen molar-refractivity contribution in [2.45, 2.75) is 24.8 Å². The summed E-state index contributed by atoms with van der Waals surface area (Å²) in [5.74, 6) is -1.52. The number of ether oxygens (including phenoxy) is 2. The molecule has 2 aromatic rings. The standard InChI is InChI=1S/C20H23ClN2O6S/c1-13(2)19(23-30(26,27)15-7-5-4-6-8-15)20(25)29-12-18(24)22-16-11-14(21)9-10-17(16)28-3/h4-11,13,19,23H,12H2,1-3H3,(H,22,24)/t19-/m1/s1. The van der Waals surface area contributed by atoms with Gasteiger partial charge in [0.2, 0.25) is 10.0 Å². The predicted molar refractivity (Wildman–Crippen MR) is 113 cm³/mol. The average Bonchev–Trinajstić information content (AvgIpc) is 2.71. The van der Waals surface area contributed by atoms with E-state index in [0.29, 0.717) is 16.5 Å². The molecule has 0 saturated heterocycles. The van der Waals surface area contributed by atoms with Gasteiger partial charge in [-0.2, -0.15) is 4.72 Å². The average molecular weight is 455 g/mol. The van der Waals surface area contributed by atoms with Crippen LogP contribution in [0.15, 0.2) is 53.4 Å². The quantitative estimate of drug-likeness (QED) is 0.563. The van der Waals surface area contributed by atoms with Crippen molar-refractivity contribution in [1.82, 2.24) is 4.72 Å². The minimum atomic E-state index is -3.93. The Morgan fingerprint density at radius 3 is 2.37 bits per heavy atom. The van der Waals surface area contributed by atoms with E-state index < -0.39 is 40.5 Å². The van der Waals surface area contributed by atoms with Gasteiger partial charge in [-0.15, -0.1) is 0 Å². The van der Waals surface area contributed by atoms with E-state index in [2.05, 4.69) is 10.0 Å². The van der Waals surface area contributed by atoms with Crippen LogP contribution in [0.5, 0.6) is 5.75 Å². The molecule has 2 N–H and O–H groups in total. The topological polar surface area (TPSA) is 111 Å². The van der Waals surface area contributed by atoms with E-state index in [1.807, 2.05) is 0 Å². The number of sulfonamides is 1. The Morgan fingerprint density at radius 1 is 1.10 bits per heavy atom. The van der Waals surface area contributed by atoms with E-state index >= 15 is 0 Å². The molecular formula is C20H23ClN2O6S. The summed E-state index contributed by atoms with van der Waals surface area (Å²) in [6.45, 7) is 2.72. The second kappa shape index (κ2) is 10.4. The van der Waals surface area contributed by atoms with Gasteiger partial charge < -0.3 is 14.8 Å². The van der Waals surface area contributed by atoms with E-state index in [0.717, 1.165) is 0 Å². The SMILES string of the molecule is COc1ccc(Cl)cc1NC(=O)COC(=O)[C@H](NS(=O)(=O)c1ccccc1)C(C)C. The Morgan fingerprint density at radius 2 is 1.77 bits per heavy atom. The highest BCUT2D eigenvalue weighted by atomic mass is 35.5. The van der Waals surface area contributed by atoms with E-state index in [4.69, 9.17) is 21.1 Å². The lowest BCUT2D eigenvalue weighted by atomic mass is 10.1. The third-order valence-electron chi connectivity index (χ3n) is 4.04. The molecule has 0 fully saturated rings. The summed E-state index contributed by atoms with van der Waals surface area (Å²) in [4.78, 5) is 24.6. The molecule has 162 valence electrons. The normalized spacial score (nSPS) is 12.3. The van der Waals surface area contributed by atoms with Crippen LogP contribution in [0.25, 0.3) is 0 Å². The zero-order chi connectivity index (χ0) is 22.3. The second-order valence-electron chi connectivity index (χ2n) is 6.66. The number of methoxy groups -OCH3 is 1. The first kappa shape index (κ1) is 23.7. The Labute approximate surface area is 180 Å². The number of rotatable bonds is 9. The Bertz CT molecular complexity index is 996. The highest BCUT2D eigenvalue weighted by Crippen LogP contribution is 2.27. The monoisotopic (exact) mass is 454 g/mol. The van der Waals surface area contributed by atoms with Crippen molar-refractivity contribution >= 4 is 39.2 Å². The first-order valence-corrected chi connectivity index (χ1v) is 10.9. The lowest BCUT2D eigenvalue weighted by molar-refractivity contribution is -0.150. The summed E-state index contributed by atoms with van der Waals surface area (Å²) in [5, 5.41) is 2.92. The largest absolute Gasteiger partial charge is 0.495 e. The third kappa shape index (κ3) is 6.45. The Kier molecular flexibility index (Phi) is 8.22. The fraction of sp³-hybridized carbons (Fsp3) is 0.300. The van der Waals surface area contributed by atoms with E-state index in [1.54, 1.807) is 44.2 Å². The van der Waals surface area contributed by atoms with Crippen LogP contribution in [0, 0.1) is 5.92 Å². The van der Waals surface area contributed by atoms with Crippen molar-refractivity contribution < 1.29 is 27.5 Å². The Balaban J connectivity index is 2.02. The summed E-state index contributed by atoms with van der Waals surface area (Å²) in [7, 11) is -2.50. The molecular weight excluding hydrogens is 432 g/mol. The van der Waals surface area contributed by atoms with Gasteiger partial charge in [0.15, 0.2) is 6.61 Å². The molecule has 2 rings (SSSR count). The lowest BCUT2D eigenvalue weighted by Gasteiger charge is -2.20. The zero-order valence-corrected chi connectivity index (χ0v) is 18.3. The van der Waals surface area contributed by atoms with Gasteiger partial charge in [-0.1, -0.05) is 43.6 Å². The summed E-state index contributed by atoms with van der Waals surface area (Å²) in [6.07, 6.45) is 0. The molecule has 8 nitrogen and oxygen atoms in total. The fourth-order valence-corrected chi connectivity index (χ4v) is 4.01. The molecule has 2 aromatic carbocycles. The maximum atomic E-state index is 12.5. The van der Waals surface area contributed by atoms with E-state index in [-0.39, 0.29) is 4.90 Å². The van der Waals surface area contributed by atoms with Crippen LogP contribution in [-0.2, 0) is 24.3 Å². The summed E-state index contributed by atoms with van der Waals surface area (Å²) in [5.41, 5.74) is 0.316. The van der Waals surface area contributed by atoms with Crippen molar-refractivity contribution in [2.75, 3.05) is 19.0 Å². The van der Waals surface area contributed by atoms with Gasteiger partial charge in [0.1, 0.15) is 11.8 Å². The van der Waals surface area contributed by atoms with Crippen molar-refractivity contribution in [1.29, 1.82) is 0 Å². The van der Waals surface area contributed by atoms with Crippen LogP contribution in [0.4, 0.5) is 5.69 Å². The molecule has 0 radical (unpaired) electrons. The maximum Gasteiger partial charge on any atom is 0.324 e. The van der Waals surface area contributed by atoms with Crippen LogP contribution in [-0.4, -0.2) is 40.1 Å². The summed E-state index contributed by atoms with van der Waals surface area (Å²) in [6, 6.07) is 11.2. The molecule has 0 saturated carbocycles. The number of hydrogen-bond acceptors (Lipinski definition) is 6. The number of anilines is 1. The molecule has 1 atom stereocenters. The molecule has 10 heteroatoms. The number of amides is 1. The molecule has 0 heterocycles. The second-order valence-corrected chi connectivity index (χ2v) is 8.81. The smallest absolute Gasteiger partial charge is 0.324 e. The third-order valence-corrected chi connectivity index (χ3v) is 5.73. The highest BCUT2D eigenvalue weighted by molar-refractivity contribution is 7.89. The first-order chi connectivity index (χ1) is 14.1. The van der Waals surface area contributed by atoms with Gasteiger partial charge in [-0.3, -0.25) is 9.59 Å². The van der Waals surface area contributed by atoms with Crippen LogP contribution >= 0.6 is 11.6 Å². The van der Waals surface area contributed by atoms with Gasteiger partial charge in [0.25, 0.3) is 5.91 Å². The van der Waals surface area contributed by atoms with Gasteiger partial charge in [-0.05, 0) is 36.2 Å². The maximum absolute atomic E-state index is 12.5. The molecule has 1 amide bonds. The molecule has 0 unspecified atom stereocenters. The molecule has 0 spiro atoms. The van der Waals surface area contributed by atoms with Crippen LogP contribution < -0.4 is 14.8 Å². The first-order valence-electron chi connectivity index (χ1n) is 9.01. The van der Waals surface area contributed by atoms with Crippen LogP contribution in [0.2, 0.25) is 5.02 Å². The number of esters is 1. The van der Waals surface area contributed by atoms with Gasteiger partial charge in [-0.25, -0.2) is 8.42 Å². The molecule has 0 aromatic heterocycles. The minimum absolute atomic E-state index is 0.0224. The van der Waals surface area contributed by atoms with Gasteiger partial charge in [0, 0.05) is 5.02 Å². The zero-order valence-electron chi connectivity index (χ0n) is 16.7. The summed E-state index contributed by atoms with van der Waals surface area (Å²) >= 11 is 5.92.